The fourth-order valence-electron chi connectivity index (χ4n) is 3.82. The maximum absolute atomic E-state index is 12.5. The highest BCUT2D eigenvalue weighted by molar-refractivity contribution is 5.77. The average molecular weight is 299 g/mol. The number of rotatable bonds is 3. The van der Waals surface area contributed by atoms with Crippen LogP contribution in [-0.2, 0) is 11.3 Å². The Morgan fingerprint density at radius 2 is 2.18 bits per heavy atom. The first-order valence-corrected chi connectivity index (χ1v) is 7.98. The van der Waals surface area contributed by atoms with Crippen molar-refractivity contribution in [2.24, 2.45) is 5.92 Å². The number of carbonyl (C=O) groups excluding carboxylic acids is 1. The Bertz CT molecular complexity index is 697. The van der Waals surface area contributed by atoms with E-state index in [0.717, 1.165) is 24.1 Å². The van der Waals surface area contributed by atoms with Gasteiger partial charge in [-0.05, 0) is 38.1 Å². The number of carbonyl (C=O) groups is 1. The molecule has 116 valence electrons. The van der Waals surface area contributed by atoms with Crippen LogP contribution in [0.15, 0.2) is 24.3 Å². The number of nitrogens with zero attached hydrogens (tertiary/aromatic N) is 5. The van der Waals surface area contributed by atoms with E-state index < -0.39 is 0 Å². The van der Waals surface area contributed by atoms with Crippen LogP contribution in [-0.4, -0.2) is 63.4 Å². The summed E-state index contributed by atoms with van der Waals surface area (Å²) in [7, 11) is 2.17. The van der Waals surface area contributed by atoms with Crippen LogP contribution in [0.4, 0.5) is 0 Å². The number of likely N-dealkylation sites (tertiary alicyclic amines) is 2. The first kappa shape index (κ1) is 13.7. The predicted molar refractivity (Wildman–Crippen MR) is 83.3 cm³/mol. The van der Waals surface area contributed by atoms with Crippen molar-refractivity contribution in [3.8, 4) is 0 Å². The first-order valence-electron chi connectivity index (χ1n) is 7.98. The molecule has 2 atom stereocenters. The zero-order chi connectivity index (χ0) is 15.1. The van der Waals surface area contributed by atoms with Gasteiger partial charge in [0.15, 0.2) is 0 Å². The summed E-state index contributed by atoms with van der Waals surface area (Å²) in [5.41, 5.74) is 1.88. The topological polar surface area (TPSA) is 54.3 Å². The Morgan fingerprint density at radius 1 is 1.32 bits per heavy atom. The number of fused-ring (bicyclic) bond motifs is 2. The summed E-state index contributed by atoms with van der Waals surface area (Å²) in [6, 6.07) is 8.43. The third-order valence-corrected chi connectivity index (χ3v) is 5.14. The molecular weight excluding hydrogens is 278 g/mol. The second kappa shape index (κ2) is 5.35. The molecule has 2 aliphatic rings. The van der Waals surface area contributed by atoms with E-state index in [1.807, 2.05) is 33.8 Å². The number of para-hydroxylation sites is 1. The van der Waals surface area contributed by atoms with Crippen molar-refractivity contribution in [2.45, 2.75) is 25.4 Å². The van der Waals surface area contributed by atoms with Crippen LogP contribution in [0.5, 0.6) is 0 Å². The molecule has 4 rings (SSSR count). The van der Waals surface area contributed by atoms with Crippen molar-refractivity contribution >= 4 is 16.9 Å². The minimum Gasteiger partial charge on any atom is -0.341 e. The van der Waals surface area contributed by atoms with Gasteiger partial charge in [-0.25, -0.2) is 4.68 Å². The van der Waals surface area contributed by atoms with Crippen LogP contribution in [0.1, 0.15) is 12.8 Å². The van der Waals surface area contributed by atoms with Crippen LogP contribution in [0.2, 0.25) is 0 Å². The molecule has 0 bridgehead atoms. The van der Waals surface area contributed by atoms with Crippen molar-refractivity contribution in [1.29, 1.82) is 0 Å². The second-order valence-corrected chi connectivity index (χ2v) is 6.45. The molecule has 2 aliphatic heterocycles. The number of amides is 1. The molecule has 2 fully saturated rings. The summed E-state index contributed by atoms with van der Waals surface area (Å²) < 4.78 is 1.83. The minimum atomic E-state index is 0.238. The molecule has 1 aromatic carbocycles. The van der Waals surface area contributed by atoms with Gasteiger partial charge in [-0.15, -0.1) is 5.10 Å². The summed E-state index contributed by atoms with van der Waals surface area (Å²) in [5.74, 6) is 0.906. The molecule has 2 saturated heterocycles. The van der Waals surface area contributed by atoms with Crippen molar-refractivity contribution < 1.29 is 4.79 Å². The third-order valence-electron chi connectivity index (χ3n) is 5.14. The van der Waals surface area contributed by atoms with Crippen LogP contribution < -0.4 is 0 Å². The van der Waals surface area contributed by atoms with Gasteiger partial charge in [0.25, 0.3) is 0 Å². The zero-order valence-electron chi connectivity index (χ0n) is 12.9. The summed E-state index contributed by atoms with van der Waals surface area (Å²) >= 11 is 0. The number of likely N-dealkylation sites (N-methyl/N-ethyl adjacent to an activating group) is 1. The molecule has 0 aliphatic carbocycles. The van der Waals surface area contributed by atoms with Gasteiger partial charge in [-0.2, -0.15) is 0 Å². The Kier molecular flexibility index (Phi) is 3.33. The van der Waals surface area contributed by atoms with Gasteiger partial charge in [0.1, 0.15) is 5.52 Å². The van der Waals surface area contributed by atoms with Gasteiger partial charge in [-0.3, -0.25) is 4.79 Å². The molecular formula is C16H21N5O. The summed E-state index contributed by atoms with van der Waals surface area (Å²) in [4.78, 5) is 16.9. The predicted octanol–water partition coefficient (Wildman–Crippen LogP) is 0.984. The molecule has 0 N–H and O–H groups in total. The van der Waals surface area contributed by atoms with Gasteiger partial charge < -0.3 is 9.80 Å². The smallest absolute Gasteiger partial charge is 0.224 e. The molecule has 0 radical (unpaired) electrons. The highest BCUT2D eigenvalue weighted by Gasteiger charge is 2.40. The summed E-state index contributed by atoms with van der Waals surface area (Å²) in [5, 5.41) is 8.28. The Morgan fingerprint density at radius 3 is 3.05 bits per heavy atom. The Labute approximate surface area is 129 Å². The molecule has 6 heteroatoms. The lowest BCUT2D eigenvalue weighted by atomic mass is 10.1. The van der Waals surface area contributed by atoms with Gasteiger partial charge in [-0.1, -0.05) is 17.3 Å². The second-order valence-electron chi connectivity index (χ2n) is 6.45. The van der Waals surface area contributed by atoms with Crippen LogP contribution in [0.25, 0.3) is 11.0 Å². The maximum atomic E-state index is 12.5. The van der Waals surface area contributed by atoms with Crippen LogP contribution in [0.3, 0.4) is 0 Å². The Balaban J connectivity index is 1.39. The molecule has 1 amide bonds. The van der Waals surface area contributed by atoms with E-state index in [1.165, 1.54) is 13.0 Å². The van der Waals surface area contributed by atoms with E-state index >= 15 is 0 Å². The van der Waals surface area contributed by atoms with Crippen molar-refractivity contribution in [3.05, 3.63) is 24.3 Å². The monoisotopic (exact) mass is 299 g/mol. The van der Waals surface area contributed by atoms with Gasteiger partial charge >= 0.3 is 0 Å². The molecule has 6 nitrogen and oxygen atoms in total. The lowest BCUT2D eigenvalue weighted by Gasteiger charge is -2.20. The molecule has 22 heavy (non-hydrogen) atoms. The first-order chi connectivity index (χ1) is 10.7. The lowest BCUT2D eigenvalue weighted by Crippen LogP contribution is -2.35. The largest absolute Gasteiger partial charge is 0.341 e. The van der Waals surface area contributed by atoms with Crippen LogP contribution in [0, 0.1) is 5.92 Å². The fraction of sp³-hybridized carbons (Fsp3) is 0.562. The van der Waals surface area contributed by atoms with Crippen molar-refractivity contribution in [2.75, 3.05) is 26.7 Å². The lowest BCUT2D eigenvalue weighted by molar-refractivity contribution is -0.130. The molecule has 2 aromatic rings. The molecule has 0 spiro atoms. The summed E-state index contributed by atoms with van der Waals surface area (Å²) in [6.45, 7) is 3.58. The van der Waals surface area contributed by atoms with Gasteiger partial charge in [0.2, 0.25) is 5.91 Å². The van der Waals surface area contributed by atoms with E-state index in [4.69, 9.17) is 0 Å². The van der Waals surface area contributed by atoms with Crippen LogP contribution >= 0.6 is 0 Å². The maximum Gasteiger partial charge on any atom is 0.224 e. The molecule has 1 aromatic heterocycles. The Hall–Kier alpha value is -1.95. The van der Waals surface area contributed by atoms with E-state index in [-0.39, 0.29) is 5.91 Å². The average Bonchev–Trinajstić information content (AvgIpc) is 3.21. The van der Waals surface area contributed by atoms with Crippen molar-refractivity contribution in [3.63, 3.8) is 0 Å². The molecule has 0 unspecified atom stereocenters. The van der Waals surface area contributed by atoms with Gasteiger partial charge in [0.05, 0.1) is 12.1 Å². The fourth-order valence-corrected chi connectivity index (χ4v) is 3.82. The third kappa shape index (κ3) is 2.27. The quantitative estimate of drug-likeness (QED) is 0.848. The number of aryl methyl sites for hydroxylation is 1. The van der Waals surface area contributed by atoms with E-state index in [1.54, 1.807) is 0 Å². The highest BCUT2D eigenvalue weighted by Crippen LogP contribution is 2.30. The molecule has 3 heterocycles. The number of aromatic nitrogens is 3. The van der Waals surface area contributed by atoms with Crippen molar-refractivity contribution in [1.82, 2.24) is 24.8 Å². The van der Waals surface area contributed by atoms with Gasteiger partial charge in [0, 0.05) is 25.6 Å². The number of hydrogen-bond donors (Lipinski definition) is 0. The highest BCUT2D eigenvalue weighted by atomic mass is 16.2. The number of benzene rings is 1. The van der Waals surface area contributed by atoms with E-state index in [0.29, 0.717) is 24.9 Å². The SMILES string of the molecule is CN1CC[C@H]2CN(C(=O)CCn3nnc4ccccc43)C[C@H]21. The van der Waals surface area contributed by atoms with E-state index in [9.17, 15) is 4.79 Å². The molecule has 0 saturated carbocycles. The zero-order valence-corrected chi connectivity index (χ0v) is 12.9. The standard InChI is InChI=1S/C16H21N5O/c1-19-8-6-12-10-20(11-15(12)19)16(22)7-9-21-14-5-3-2-4-13(14)17-18-21/h2-5,12,15H,6-11H2,1H3/t12-,15+/m0/s1. The minimum absolute atomic E-state index is 0.238. The summed E-state index contributed by atoms with van der Waals surface area (Å²) in [6.07, 6.45) is 1.72. The normalized spacial score (nSPS) is 25.0. The number of hydrogen-bond acceptors (Lipinski definition) is 4. The van der Waals surface area contributed by atoms with E-state index in [2.05, 4.69) is 22.3 Å².